The van der Waals surface area contributed by atoms with Crippen molar-refractivity contribution in [2.45, 2.75) is 17.6 Å². The quantitative estimate of drug-likeness (QED) is 0.290. The molecule has 4 rings (SSSR count). The van der Waals surface area contributed by atoms with E-state index in [0.29, 0.717) is 22.2 Å². The van der Waals surface area contributed by atoms with Crippen molar-refractivity contribution >= 4 is 52.2 Å². The Morgan fingerprint density at radius 2 is 1.56 bits per heavy atom. The summed E-state index contributed by atoms with van der Waals surface area (Å²) in [7, 11) is -8.27. The van der Waals surface area contributed by atoms with Gasteiger partial charge in [-0.2, -0.15) is 13.2 Å². The van der Waals surface area contributed by atoms with Gasteiger partial charge in [0.1, 0.15) is 10.8 Å². The van der Waals surface area contributed by atoms with Crippen LogP contribution in [0.15, 0.2) is 77.7 Å². The highest BCUT2D eigenvalue weighted by Gasteiger charge is 2.35. The molecule has 0 bridgehead atoms. The molecule has 0 saturated heterocycles. The summed E-state index contributed by atoms with van der Waals surface area (Å²) < 4.78 is 109. The van der Waals surface area contributed by atoms with E-state index in [2.05, 4.69) is 4.72 Å². The van der Waals surface area contributed by atoms with Crippen molar-refractivity contribution in [1.29, 1.82) is 0 Å². The highest BCUT2D eigenvalue weighted by molar-refractivity contribution is 7.93. The number of anilines is 2. The van der Waals surface area contributed by atoms with E-state index in [1.54, 1.807) is 30.3 Å². The minimum atomic E-state index is -5.00. The van der Waals surface area contributed by atoms with Crippen LogP contribution in [0.2, 0.25) is 0 Å². The van der Waals surface area contributed by atoms with E-state index in [-0.39, 0.29) is 21.1 Å². The molecule has 4 aromatic rings. The molecule has 190 valence electrons. The van der Waals surface area contributed by atoms with Crippen LogP contribution in [-0.4, -0.2) is 23.1 Å². The number of halogens is 4. The normalized spacial score (nSPS) is 12.6. The first-order chi connectivity index (χ1) is 16.8. The molecule has 1 aromatic heterocycles. The zero-order valence-corrected chi connectivity index (χ0v) is 20.9. The van der Waals surface area contributed by atoms with E-state index in [1.165, 1.54) is 24.3 Å². The summed E-state index contributed by atoms with van der Waals surface area (Å²) in [6, 6.07) is 15.9. The fourth-order valence-electron chi connectivity index (χ4n) is 3.53. The number of thiophene rings is 1. The van der Waals surface area contributed by atoms with Gasteiger partial charge in [0.15, 0.2) is 0 Å². The molecule has 6 nitrogen and oxygen atoms in total. The molecular formula is C23H18F4N2O4S3. The largest absolute Gasteiger partial charge is 0.419 e. The standard InChI is InChI=1S/C23H18F4N2O4S3/c1-35(30,31)28-21-17-9-5-6-10-20(17)34-22(21)29(36(32,33)16-7-3-2-4-8-16)14-15-11-12-19(24)18(13-15)23(25,26)27/h2-13,28H,14H2,1H3. The Labute approximate surface area is 208 Å². The lowest BCUT2D eigenvalue weighted by molar-refractivity contribution is -0.140. The zero-order chi connectivity index (χ0) is 26.3. The molecule has 0 aliphatic rings. The van der Waals surface area contributed by atoms with E-state index >= 15 is 0 Å². The first kappa shape index (κ1) is 25.9. The van der Waals surface area contributed by atoms with Crippen LogP contribution in [0.25, 0.3) is 10.1 Å². The fraction of sp³-hybridized carbons (Fsp3) is 0.130. The lowest BCUT2D eigenvalue weighted by Crippen LogP contribution is -2.31. The average molecular weight is 559 g/mol. The smallest absolute Gasteiger partial charge is 0.280 e. The van der Waals surface area contributed by atoms with Gasteiger partial charge in [0.25, 0.3) is 10.0 Å². The van der Waals surface area contributed by atoms with Crippen LogP contribution in [0.3, 0.4) is 0 Å². The van der Waals surface area contributed by atoms with Crippen LogP contribution in [0.5, 0.6) is 0 Å². The van der Waals surface area contributed by atoms with Crippen molar-refractivity contribution < 1.29 is 34.4 Å². The lowest BCUT2D eigenvalue weighted by atomic mass is 10.1. The van der Waals surface area contributed by atoms with Gasteiger partial charge in [0, 0.05) is 10.1 Å². The maximum atomic E-state index is 13.9. The first-order valence-corrected chi connectivity index (χ1v) is 14.3. The molecule has 1 N–H and O–H groups in total. The highest BCUT2D eigenvalue weighted by Crippen LogP contribution is 2.45. The van der Waals surface area contributed by atoms with Crippen LogP contribution >= 0.6 is 11.3 Å². The van der Waals surface area contributed by atoms with E-state index in [4.69, 9.17) is 0 Å². The molecule has 0 unspecified atom stereocenters. The number of nitrogens with zero attached hydrogens (tertiary/aromatic N) is 1. The van der Waals surface area contributed by atoms with Crippen molar-refractivity contribution in [3.63, 3.8) is 0 Å². The number of nitrogens with one attached hydrogen (secondary N) is 1. The van der Waals surface area contributed by atoms with Crippen molar-refractivity contribution in [2.24, 2.45) is 0 Å². The van der Waals surface area contributed by atoms with Gasteiger partial charge in [-0.1, -0.05) is 42.5 Å². The molecule has 0 spiro atoms. The summed E-state index contributed by atoms with van der Waals surface area (Å²) in [5.74, 6) is -1.50. The van der Waals surface area contributed by atoms with E-state index in [0.717, 1.165) is 28.0 Å². The number of alkyl halides is 3. The monoisotopic (exact) mass is 558 g/mol. The number of fused-ring (bicyclic) bond motifs is 1. The molecule has 0 aliphatic heterocycles. The van der Waals surface area contributed by atoms with Crippen LogP contribution in [0.4, 0.5) is 28.3 Å². The van der Waals surface area contributed by atoms with Crippen LogP contribution in [0.1, 0.15) is 11.1 Å². The number of rotatable bonds is 7. The van der Waals surface area contributed by atoms with Crippen LogP contribution < -0.4 is 9.03 Å². The van der Waals surface area contributed by atoms with E-state index in [9.17, 15) is 34.4 Å². The van der Waals surface area contributed by atoms with E-state index < -0.39 is 44.1 Å². The van der Waals surface area contributed by atoms with Crippen molar-refractivity contribution in [3.05, 3.63) is 89.7 Å². The second-order valence-corrected chi connectivity index (χ2v) is 12.4. The van der Waals surface area contributed by atoms with Gasteiger partial charge >= 0.3 is 6.18 Å². The Kier molecular flexibility index (Phi) is 6.75. The molecule has 3 aromatic carbocycles. The highest BCUT2D eigenvalue weighted by atomic mass is 32.2. The second kappa shape index (κ2) is 9.37. The SMILES string of the molecule is CS(=O)(=O)Nc1c(N(Cc2ccc(F)c(C(F)(F)F)c2)S(=O)(=O)c2ccccc2)sc2ccccc12. The first-order valence-electron chi connectivity index (χ1n) is 10.2. The lowest BCUT2D eigenvalue weighted by Gasteiger charge is -2.25. The maximum Gasteiger partial charge on any atom is 0.419 e. The molecule has 0 atom stereocenters. The Bertz CT molecular complexity index is 1640. The summed E-state index contributed by atoms with van der Waals surface area (Å²) in [6.45, 7) is -0.619. The third kappa shape index (κ3) is 5.32. The predicted molar refractivity (Wildman–Crippen MR) is 132 cm³/mol. The van der Waals surface area contributed by atoms with Gasteiger partial charge in [0.05, 0.1) is 28.9 Å². The number of benzene rings is 3. The zero-order valence-electron chi connectivity index (χ0n) is 18.5. The molecule has 36 heavy (non-hydrogen) atoms. The van der Waals surface area contributed by atoms with Crippen molar-refractivity contribution in [3.8, 4) is 0 Å². The number of hydrogen-bond acceptors (Lipinski definition) is 5. The van der Waals surface area contributed by atoms with Crippen molar-refractivity contribution in [1.82, 2.24) is 0 Å². The van der Waals surface area contributed by atoms with Crippen LogP contribution in [-0.2, 0) is 32.8 Å². The third-order valence-electron chi connectivity index (χ3n) is 5.08. The van der Waals surface area contributed by atoms with E-state index in [1.807, 2.05) is 0 Å². The van der Waals surface area contributed by atoms with Gasteiger partial charge in [-0.15, -0.1) is 11.3 Å². The second-order valence-electron chi connectivity index (χ2n) is 7.79. The summed E-state index contributed by atoms with van der Waals surface area (Å²) >= 11 is 0.950. The third-order valence-corrected chi connectivity index (χ3v) is 8.73. The molecule has 0 amide bonds. The summed E-state index contributed by atoms with van der Waals surface area (Å²) in [5.41, 5.74) is -1.72. The Morgan fingerprint density at radius 3 is 2.19 bits per heavy atom. The molecule has 0 aliphatic carbocycles. The average Bonchev–Trinajstić information content (AvgIpc) is 3.14. The maximum absolute atomic E-state index is 13.9. The van der Waals surface area contributed by atoms with Gasteiger partial charge < -0.3 is 0 Å². The van der Waals surface area contributed by atoms with Gasteiger partial charge in [-0.3, -0.25) is 9.03 Å². The molecule has 0 fully saturated rings. The molecule has 0 saturated carbocycles. The Hall–Kier alpha value is -3.16. The minimum Gasteiger partial charge on any atom is -0.280 e. The predicted octanol–water partition coefficient (Wildman–Crippen LogP) is 5.83. The fourth-order valence-corrected chi connectivity index (χ4v) is 7.03. The van der Waals surface area contributed by atoms with Gasteiger partial charge in [-0.25, -0.2) is 21.2 Å². The van der Waals surface area contributed by atoms with Crippen molar-refractivity contribution in [2.75, 3.05) is 15.3 Å². The minimum absolute atomic E-state index is 0.0317. The number of hydrogen-bond donors (Lipinski definition) is 1. The summed E-state index contributed by atoms with van der Waals surface area (Å²) in [5, 5.41) is 0.356. The topological polar surface area (TPSA) is 83.6 Å². The van der Waals surface area contributed by atoms with Gasteiger partial charge in [-0.05, 0) is 35.9 Å². The molecule has 1 heterocycles. The molecular weight excluding hydrogens is 540 g/mol. The Morgan fingerprint density at radius 1 is 0.917 bits per heavy atom. The summed E-state index contributed by atoms with van der Waals surface area (Å²) in [4.78, 5) is -0.161. The molecule has 0 radical (unpaired) electrons. The number of sulfonamides is 2. The Balaban J connectivity index is 1.96. The van der Waals surface area contributed by atoms with Gasteiger partial charge in [0.2, 0.25) is 10.0 Å². The van der Waals surface area contributed by atoms with Crippen LogP contribution in [0, 0.1) is 5.82 Å². The molecule has 13 heteroatoms. The summed E-state index contributed by atoms with van der Waals surface area (Å²) in [6.07, 6.45) is -4.10.